The van der Waals surface area contributed by atoms with Gasteiger partial charge in [0.25, 0.3) is 11.7 Å². The van der Waals surface area contributed by atoms with E-state index in [-0.39, 0.29) is 4.60 Å². The van der Waals surface area contributed by atoms with Crippen LogP contribution in [0.4, 0.5) is 13.2 Å². The molecule has 0 unspecified atom stereocenters. The molecular weight excluding hydrogens is 286 g/mol. The number of alkyl halides is 2. The van der Waals surface area contributed by atoms with E-state index >= 15 is 0 Å². The molecule has 0 saturated carbocycles. The Bertz CT molecular complexity index is 385. The monoisotopic (exact) mass is 287 g/mol. The molecule has 2 nitrogen and oxygen atoms in total. The first kappa shape index (κ1) is 11.5. The summed E-state index contributed by atoms with van der Waals surface area (Å²) in [7, 11) is 0. The van der Waals surface area contributed by atoms with Crippen LogP contribution >= 0.6 is 27.5 Å². The summed E-state index contributed by atoms with van der Waals surface area (Å²) in [5, 5.41) is -1.17. The Morgan fingerprint density at radius 2 is 2.14 bits per heavy atom. The first-order valence-electron chi connectivity index (χ1n) is 3.27. The van der Waals surface area contributed by atoms with Crippen LogP contribution in [0.15, 0.2) is 10.7 Å². The van der Waals surface area contributed by atoms with E-state index in [1.54, 1.807) is 0 Å². The van der Waals surface area contributed by atoms with Gasteiger partial charge in [-0.2, -0.15) is 0 Å². The fourth-order valence-corrected chi connectivity index (χ4v) is 1.26. The first-order chi connectivity index (χ1) is 6.43. The number of hydrogen-bond donors (Lipinski definition) is 0. The number of carbonyl (C=O) groups is 1. The van der Waals surface area contributed by atoms with Gasteiger partial charge in [-0.25, -0.2) is 18.2 Å². The van der Waals surface area contributed by atoms with Crippen LogP contribution in [-0.4, -0.2) is 10.2 Å². The Labute approximate surface area is 90.2 Å². The molecule has 1 rings (SSSR count). The minimum Gasteiger partial charge on any atom is -0.276 e. The number of aromatic nitrogens is 1. The Morgan fingerprint density at radius 1 is 1.57 bits per heavy atom. The van der Waals surface area contributed by atoms with Crippen molar-refractivity contribution in [2.24, 2.45) is 0 Å². The Kier molecular flexibility index (Phi) is 3.49. The zero-order valence-corrected chi connectivity index (χ0v) is 8.74. The first-order valence-corrected chi connectivity index (χ1v) is 4.44. The molecule has 0 aliphatic carbocycles. The van der Waals surface area contributed by atoms with Crippen LogP contribution in [-0.2, 0) is 0 Å². The van der Waals surface area contributed by atoms with Gasteiger partial charge in [-0.3, -0.25) is 4.79 Å². The molecule has 0 fully saturated rings. The second kappa shape index (κ2) is 4.27. The lowest BCUT2D eigenvalue weighted by atomic mass is 10.2. The summed E-state index contributed by atoms with van der Waals surface area (Å²) in [5.74, 6) is -0.918. The summed E-state index contributed by atoms with van der Waals surface area (Å²) >= 11 is 7.61. The quantitative estimate of drug-likeness (QED) is 0.617. The topological polar surface area (TPSA) is 30.0 Å². The highest BCUT2D eigenvalue weighted by Crippen LogP contribution is 2.26. The molecule has 0 N–H and O–H groups in total. The highest BCUT2D eigenvalue weighted by atomic mass is 79.9. The molecule has 0 atom stereocenters. The maximum atomic E-state index is 12.8. The van der Waals surface area contributed by atoms with Gasteiger partial charge in [0, 0.05) is 0 Å². The third-order valence-electron chi connectivity index (χ3n) is 1.38. The van der Waals surface area contributed by atoms with Crippen molar-refractivity contribution in [1.82, 2.24) is 4.98 Å². The second-order valence-corrected chi connectivity index (χ2v) is 3.36. The molecule has 76 valence electrons. The van der Waals surface area contributed by atoms with E-state index in [9.17, 15) is 18.0 Å². The van der Waals surface area contributed by atoms with Gasteiger partial charge in [0.1, 0.15) is 10.3 Å². The highest BCUT2D eigenvalue weighted by molar-refractivity contribution is 9.10. The number of halogens is 5. The van der Waals surface area contributed by atoms with Crippen molar-refractivity contribution < 1.29 is 18.0 Å². The maximum absolute atomic E-state index is 12.8. The predicted molar refractivity (Wildman–Crippen MR) is 47.0 cm³/mol. The van der Waals surface area contributed by atoms with Gasteiger partial charge in [0.05, 0.1) is 5.56 Å². The van der Waals surface area contributed by atoms with Gasteiger partial charge in [0.2, 0.25) is 0 Å². The van der Waals surface area contributed by atoms with Gasteiger partial charge in [-0.05, 0) is 33.6 Å². The fourth-order valence-electron chi connectivity index (χ4n) is 0.803. The fraction of sp³-hybridized carbons (Fsp3) is 0.143. The van der Waals surface area contributed by atoms with E-state index in [2.05, 4.69) is 20.9 Å². The maximum Gasteiger partial charge on any atom is 0.281 e. The second-order valence-electron chi connectivity index (χ2n) is 2.27. The molecule has 0 aliphatic heterocycles. The van der Waals surface area contributed by atoms with E-state index in [1.807, 2.05) is 0 Å². The SMILES string of the molecule is O=C(Cl)c1cc(F)c(Br)nc1C(F)F. The van der Waals surface area contributed by atoms with Gasteiger partial charge < -0.3 is 0 Å². The van der Waals surface area contributed by atoms with Crippen LogP contribution in [0.2, 0.25) is 0 Å². The van der Waals surface area contributed by atoms with Crippen LogP contribution in [0.1, 0.15) is 22.5 Å². The van der Waals surface area contributed by atoms with Crippen molar-refractivity contribution in [3.63, 3.8) is 0 Å². The standard InChI is InChI=1S/C7H2BrClF3NO/c8-5-3(10)1-2(6(9)14)4(13-5)7(11)12/h1,7H. The minimum absolute atomic E-state index is 0.380. The molecule has 0 saturated heterocycles. The average molecular weight is 288 g/mol. The van der Waals surface area contributed by atoms with Crippen molar-refractivity contribution >= 4 is 32.8 Å². The third-order valence-corrected chi connectivity index (χ3v) is 2.14. The molecule has 0 amide bonds. The van der Waals surface area contributed by atoms with E-state index in [1.165, 1.54) is 0 Å². The summed E-state index contributed by atoms with van der Waals surface area (Å²) in [6.07, 6.45) is -2.98. The summed E-state index contributed by atoms with van der Waals surface area (Å²) in [6.45, 7) is 0. The molecule has 0 radical (unpaired) electrons. The van der Waals surface area contributed by atoms with Crippen molar-refractivity contribution in [3.8, 4) is 0 Å². The van der Waals surface area contributed by atoms with Crippen LogP contribution in [0.3, 0.4) is 0 Å². The van der Waals surface area contributed by atoms with Crippen molar-refractivity contribution in [3.05, 3.63) is 27.7 Å². The van der Waals surface area contributed by atoms with Crippen LogP contribution in [0, 0.1) is 5.82 Å². The number of nitrogens with zero attached hydrogens (tertiary/aromatic N) is 1. The molecule has 0 spiro atoms. The van der Waals surface area contributed by atoms with E-state index in [0.29, 0.717) is 6.07 Å². The summed E-state index contributed by atoms with van der Waals surface area (Å²) in [5.41, 5.74) is -1.46. The zero-order chi connectivity index (χ0) is 10.9. The molecule has 1 heterocycles. The average Bonchev–Trinajstić information content (AvgIpc) is 2.08. The number of carbonyl (C=O) groups excluding carboxylic acids is 1. The van der Waals surface area contributed by atoms with Crippen LogP contribution < -0.4 is 0 Å². The normalized spacial score (nSPS) is 10.7. The van der Waals surface area contributed by atoms with Gasteiger partial charge in [-0.15, -0.1) is 0 Å². The Hall–Kier alpha value is -0.620. The molecule has 0 aromatic carbocycles. The third kappa shape index (κ3) is 2.24. The van der Waals surface area contributed by atoms with Crippen molar-refractivity contribution in [1.29, 1.82) is 0 Å². The lowest BCUT2D eigenvalue weighted by molar-refractivity contribution is 0.106. The molecule has 0 aliphatic rings. The van der Waals surface area contributed by atoms with Gasteiger partial charge in [-0.1, -0.05) is 0 Å². The molecule has 14 heavy (non-hydrogen) atoms. The molecule has 7 heteroatoms. The Morgan fingerprint density at radius 3 is 2.57 bits per heavy atom. The molecule has 1 aromatic rings. The van der Waals surface area contributed by atoms with Gasteiger partial charge in [0.15, 0.2) is 5.82 Å². The van der Waals surface area contributed by atoms with Crippen molar-refractivity contribution in [2.75, 3.05) is 0 Å². The summed E-state index contributed by atoms with van der Waals surface area (Å²) in [6, 6.07) is 0.619. The van der Waals surface area contributed by atoms with E-state index in [0.717, 1.165) is 0 Å². The molecular formula is C7H2BrClF3NO. The number of pyridine rings is 1. The van der Waals surface area contributed by atoms with Crippen LogP contribution in [0.5, 0.6) is 0 Å². The van der Waals surface area contributed by atoms with Crippen molar-refractivity contribution in [2.45, 2.75) is 6.43 Å². The van der Waals surface area contributed by atoms with Crippen LogP contribution in [0.25, 0.3) is 0 Å². The van der Waals surface area contributed by atoms with Gasteiger partial charge >= 0.3 is 0 Å². The smallest absolute Gasteiger partial charge is 0.276 e. The largest absolute Gasteiger partial charge is 0.281 e. The summed E-state index contributed by atoms with van der Waals surface area (Å²) < 4.78 is 37.0. The lowest BCUT2D eigenvalue weighted by Crippen LogP contribution is -2.03. The summed E-state index contributed by atoms with van der Waals surface area (Å²) in [4.78, 5) is 13.8. The van der Waals surface area contributed by atoms with E-state index < -0.39 is 28.7 Å². The number of hydrogen-bond acceptors (Lipinski definition) is 2. The predicted octanol–water partition coefficient (Wildman–Crippen LogP) is 3.30. The number of rotatable bonds is 2. The molecule has 1 aromatic heterocycles. The highest BCUT2D eigenvalue weighted by Gasteiger charge is 2.21. The lowest BCUT2D eigenvalue weighted by Gasteiger charge is -2.04. The molecule has 0 bridgehead atoms. The Balaban J connectivity index is 3.39. The zero-order valence-electron chi connectivity index (χ0n) is 6.40. The van der Waals surface area contributed by atoms with E-state index in [4.69, 9.17) is 11.6 Å². The minimum atomic E-state index is -2.98.